The van der Waals surface area contributed by atoms with E-state index in [1.165, 1.54) is 22.9 Å². The van der Waals surface area contributed by atoms with Gasteiger partial charge < -0.3 is 10.2 Å². The number of amides is 1. The highest BCUT2D eigenvalue weighted by Gasteiger charge is 2.23. The molecular weight excluding hydrogens is 400 g/mol. The van der Waals surface area contributed by atoms with E-state index in [0.717, 1.165) is 30.6 Å². The van der Waals surface area contributed by atoms with E-state index >= 15 is 0 Å². The van der Waals surface area contributed by atoms with E-state index in [4.69, 9.17) is 10.2 Å². The Morgan fingerprint density at radius 1 is 1.23 bits per heavy atom. The minimum atomic E-state index is -0.392. The molecule has 0 saturated carbocycles. The fourth-order valence-electron chi connectivity index (χ4n) is 3.71. The number of ketones is 1. The summed E-state index contributed by atoms with van der Waals surface area (Å²) in [6.07, 6.45) is 5.47. The fourth-order valence-corrected chi connectivity index (χ4v) is 4.66. The van der Waals surface area contributed by atoms with Crippen LogP contribution < -0.4 is 5.73 Å². The van der Waals surface area contributed by atoms with Crippen LogP contribution in [0.3, 0.4) is 0 Å². The second-order valence-electron chi connectivity index (χ2n) is 7.49. The average Bonchev–Trinajstić information content (AvgIpc) is 3.48. The second kappa shape index (κ2) is 8.87. The summed E-state index contributed by atoms with van der Waals surface area (Å²) < 4.78 is 7.35. The third-order valence-electron chi connectivity index (χ3n) is 5.32. The number of nitrogens with zero attached hydrogens (tertiary/aromatic N) is 3. The molecule has 1 aliphatic carbocycles. The van der Waals surface area contributed by atoms with Gasteiger partial charge in [0.25, 0.3) is 0 Å². The van der Waals surface area contributed by atoms with Crippen LogP contribution in [0.1, 0.15) is 52.8 Å². The molecule has 0 saturated heterocycles. The molecule has 0 aliphatic heterocycles. The van der Waals surface area contributed by atoms with Crippen molar-refractivity contribution in [1.82, 2.24) is 14.8 Å². The fraction of sp³-hybridized carbons (Fsp3) is 0.364. The van der Waals surface area contributed by atoms with Crippen molar-refractivity contribution in [2.45, 2.75) is 56.0 Å². The van der Waals surface area contributed by atoms with Gasteiger partial charge in [-0.1, -0.05) is 23.9 Å². The number of aromatic nitrogens is 3. The van der Waals surface area contributed by atoms with Gasteiger partial charge in [-0.2, -0.15) is 0 Å². The van der Waals surface area contributed by atoms with Crippen molar-refractivity contribution in [3.05, 3.63) is 64.9 Å². The molecule has 0 bridgehead atoms. The molecule has 0 spiro atoms. The number of Topliss-reactive ketones (excluding diaryl/α,β-unsaturated/α-hetero) is 1. The third-order valence-corrected chi connectivity index (χ3v) is 6.40. The van der Waals surface area contributed by atoms with Crippen LogP contribution in [0.25, 0.3) is 0 Å². The van der Waals surface area contributed by atoms with Gasteiger partial charge in [0.2, 0.25) is 5.91 Å². The lowest BCUT2D eigenvalue weighted by molar-refractivity contribution is -0.118. The van der Waals surface area contributed by atoms with Gasteiger partial charge in [-0.15, -0.1) is 10.2 Å². The van der Waals surface area contributed by atoms with Crippen LogP contribution in [0.4, 0.5) is 0 Å². The van der Waals surface area contributed by atoms with Crippen molar-refractivity contribution in [1.29, 1.82) is 0 Å². The smallest absolute Gasteiger partial charge is 0.217 e. The molecule has 1 aromatic carbocycles. The van der Waals surface area contributed by atoms with Crippen molar-refractivity contribution in [2.75, 3.05) is 0 Å². The lowest BCUT2D eigenvalue weighted by Gasteiger charge is -2.13. The number of carbonyl (C=O) groups is 2. The second-order valence-corrected chi connectivity index (χ2v) is 8.80. The molecular formula is C22H24N4O3S. The molecule has 30 heavy (non-hydrogen) atoms. The number of nitrogens with two attached hydrogens (primary N) is 1. The summed E-state index contributed by atoms with van der Waals surface area (Å²) in [7, 11) is 0. The first kappa shape index (κ1) is 20.4. The minimum absolute atomic E-state index is 0.0703. The van der Waals surface area contributed by atoms with Gasteiger partial charge in [0.05, 0.1) is 18.1 Å². The number of thioether (sulfide) groups is 1. The SMILES string of the molecule is CC(Sc1nnc(CCC(N)=O)n1Cc1ccco1)C(=O)c1ccc2c(c1)CCC2. The maximum absolute atomic E-state index is 13.0. The quantitative estimate of drug-likeness (QED) is 0.418. The lowest BCUT2D eigenvalue weighted by Crippen LogP contribution is -2.16. The molecule has 1 atom stereocenters. The predicted molar refractivity (Wildman–Crippen MR) is 113 cm³/mol. The highest BCUT2D eigenvalue weighted by molar-refractivity contribution is 8.00. The molecule has 2 heterocycles. The Morgan fingerprint density at radius 3 is 2.83 bits per heavy atom. The maximum atomic E-state index is 13.0. The van der Waals surface area contributed by atoms with E-state index in [0.29, 0.717) is 23.9 Å². The molecule has 2 N–H and O–H groups in total. The monoisotopic (exact) mass is 424 g/mol. The van der Waals surface area contributed by atoms with Gasteiger partial charge in [-0.25, -0.2) is 0 Å². The topological polar surface area (TPSA) is 104 Å². The standard InChI is InChI=1S/C22H24N4O3S/c1-14(21(28)17-8-7-15-4-2-5-16(15)12-17)30-22-25-24-20(10-9-19(23)27)26(22)13-18-6-3-11-29-18/h3,6-8,11-12,14H,2,4-5,9-10,13H2,1H3,(H2,23,27). The Bertz CT molecular complexity index is 1060. The van der Waals surface area contributed by atoms with Gasteiger partial charge in [-0.3, -0.25) is 14.2 Å². The van der Waals surface area contributed by atoms with E-state index < -0.39 is 5.91 Å². The van der Waals surface area contributed by atoms with Crippen LogP contribution in [0.15, 0.2) is 46.2 Å². The molecule has 2 aromatic heterocycles. The van der Waals surface area contributed by atoms with Crippen molar-refractivity contribution in [3.8, 4) is 0 Å². The van der Waals surface area contributed by atoms with Crippen molar-refractivity contribution >= 4 is 23.5 Å². The molecule has 1 amide bonds. The molecule has 3 aromatic rings. The van der Waals surface area contributed by atoms with Crippen LogP contribution in [0.2, 0.25) is 0 Å². The molecule has 4 rings (SSSR count). The predicted octanol–water partition coefficient (Wildman–Crippen LogP) is 3.19. The molecule has 1 unspecified atom stereocenters. The van der Waals surface area contributed by atoms with E-state index in [9.17, 15) is 9.59 Å². The summed E-state index contributed by atoms with van der Waals surface area (Å²) in [5.41, 5.74) is 8.67. The van der Waals surface area contributed by atoms with E-state index in [-0.39, 0.29) is 17.5 Å². The maximum Gasteiger partial charge on any atom is 0.217 e. The first-order valence-corrected chi connectivity index (χ1v) is 10.9. The Balaban J connectivity index is 1.53. The Hall–Kier alpha value is -2.87. The number of primary amides is 1. The summed E-state index contributed by atoms with van der Waals surface area (Å²) in [5.74, 6) is 1.07. The van der Waals surface area contributed by atoms with Crippen LogP contribution >= 0.6 is 11.8 Å². The number of carbonyl (C=O) groups excluding carboxylic acids is 2. The molecule has 0 fully saturated rings. The normalized spacial score (nSPS) is 13.9. The molecule has 0 radical (unpaired) electrons. The molecule has 156 valence electrons. The van der Waals surface area contributed by atoms with Crippen LogP contribution in [0.5, 0.6) is 0 Å². The van der Waals surface area contributed by atoms with Gasteiger partial charge >= 0.3 is 0 Å². The number of hydrogen-bond donors (Lipinski definition) is 1. The summed E-state index contributed by atoms with van der Waals surface area (Å²) >= 11 is 1.37. The van der Waals surface area contributed by atoms with E-state index in [2.05, 4.69) is 16.3 Å². The van der Waals surface area contributed by atoms with Gasteiger partial charge in [0, 0.05) is 18.4 Å². The van der Waals surface area contributed by atoms with E-state index in [1.807, 2.05) is 35.8 Å². The minimum Gasteiger partial charge on any atom is -0.467 e. The molecule has 8 heteroatoms. The highest BCUT2D eigenvalue weighted by Crippen LogP contribution is 2.28. The first-order chi connectivity index (χ1) is 14.5. The Labute approximate surface area is 179 Å². The molecule has 7 nitrogen and oxygen atoms in total. The number of fused-ring (bicyclic) bond motifs is 1. The van der Waals surface area contributed by atoms with Crippen LogP contribution in [-0.2, 0) is 30.6 Å². The van der Waals surface area contributed by atoms with Crippen molar-refractivity contribution in [3.63, 3.8) is 0 Å². The van der Waals surface area contributed by atoms with Crippen molar-refractivity contribution in [2.24, 2.45) is 5.73 Å². The zero-order valence-electron chi connectivity index (χ0n) is 16.8. The average molecular weight is 425 g/mol. The van der Waals surface area contributed by atoms with Gasteiger partial charge in [-0.05, 0) is 55.5 Å². The lowest BCUT2D eigenvalue weighted by atomic mass is 10.0. The van der Waals surface area contributed by atoms with Crippen LogP contribution in [0, 0.1) is 0 Å². The van der Waals surface area contributed by atoms with E-state index in [1.54, 1.807) is 6.26 Å². The number of aryl methyl sites for hydroxylation is 3. The zero-order valence-corrected chi connectivity index (χ0v) is 17.7. The number of rotatable bonds is 9. The van der Waals surface area contributed by atoms with Crippen LogP contribution in [-0.4, -0.2) is 31.7 Å². The highest BCUT2D eigenvalue weighted by atomic mass is 32.2. The summed E-state index contributed by atoms with van der Waals surface area (Å²) in [5, 5.41) is 8.80. The Morgan fingerprint density at radius 2 is 2.07 bits per heavy atom. The zero-order chi connectivity index (χ0) is 21.1. The third kappa shape index (κ3) is 4.48. The van der Waals surface area contributed by atoms with Gasteiger partial charge in [0.15, 0.2) is 10.9 Å². The summed E-state index contributed by atoms with van der Waals surface area (Å²) in [6, 6.07) is 9.72. The number of hydrogen-bond acceptors (Lipinski definition) is 6. The Kier molecular flexibility index (Phi) is 6.03. The van der Waals surface area contributed by atoms with Gasteiger partial charge in [0.1, 0.15) is 11.6 Å². The van der Waals surface area contributed by atoms with Crippen molar-refractivity contribution < 1.29 is 14.0 Å². The molecule has 1 aliphatic rings. The largest absolute Gasteiger partial charge is 0.467 e. The number of furan rings is 1. The summed E-state index contributed by atoms with van der Waals surface area (Å²) in [4.78, 5) is 24.2. The first-order valence-electron chi connectivity index (χ1n) is 10.1. The summed E-state index contributed by atoms with van der Waals surface area (Å²) in [6.45, 7) is 2.31. The number of benzene rings is 1.